The van der Waals surface area contributed by atoms with E-state index in [-0.39, 0.29) is 17.2 Å². The first-order chi connectivity index (χ1) is 9.06. The van der Waals surface area contributed by atoms with E-state index in [0.29, 0.717) is 0 Å². The van der Waals surface area contributed by atoms with E-state index in [1.807, 2.05) is 24.3 Å². The van der Waals surface area contributed by atoms with Crippen LogP contribution in [0.5, 0.6) is 0 Å². The molecule has 0 aromatic heterocycles. The summed E-state index contributed by atoms with van der Waals surface area (Å²) in [6, 6.07) is 11.1. The zero-order valence-electron chi connectivity index (χ0n) is 9.70. The first-order valence-electron chi connectivity index (χ1n) is 5.43. The molecule has 0 amide bonds. The smallest absolute Gasteiger partial charge is 0.341 e. The average molecular weight is 344 g/mol. The maximum absolute atomic E-state index is 13.4. The Hall–Kier alpha value is -1.39. The van der Waals surface area contributed by atoms with E-state index in [0.717, 1.165) is 16.1 Å². The van der Waals surface area contributed by atoms with Gasteiger partial charge in [0.05, 0.1) is 5.56 Å². The minimum atomic E-state index is -0.736. The fourth-order valence-electron chi connectivity index (χ4n) is 1.51. The zero-order valence-corrected chi connectivity index (χ0v) is 12.0. The molecule has 0 aliphatic carbocycles. The van der Waals surface area contributed by atoms with Gasteiger partial charge in [-0.05, 0) is 35.9 Å². The lowest BCUT2D eigenvalue weighted by Crippen LogP contribution is -2.07. The SMILES string of the molecule is O=C(OCc1cccc(Br)c1)c1cc(Cl)ccc1F. The number of carbonyl (C=O) groups is 1. The quantitative estimate of drug-likeness (QED) is 0.761. The summed E-state index contributed by atoms with van der Waals surface area (Å²) in [4.78, 5) is 11.7. The Morgan fingerprint density at radius 1 is 1.26 bits per heavy atom. The molecule has 0 bridgehead atoms. The second-order valence-electron chi connectivity index (χ2n) is 3.83. The molecule has 0 saturated carbocycles. The van der Waals surface area contributed by atoms with E-state index in [1.165, 1.54) is 12.1 Å². The highest BCUT2D eigenvalue weighted by atomic mass is 79.9. The van der Waals surface area contributed by atoms with E-state index in [9.17, 15) is 9.18 Å². The molecule has 2 nitrogen and oxygen atoms in total. The molecule has 0 aliphatic rings. The van der Waals surface area contributed by atoms with Crippen LogP contribution in [0.15, 0.2) is 46.9 Å². The average Bonchev–Trinajstić information content (AvgIpc) is 2.39. The van der Waals surface area contributed by atoms with Crippen molar-refractivity contribution in [3.05, 3.63) is 68.9 Å². The molecular formula is C14H9BrClFO2. The molecule has 2 aromatic carbocycles. The van der Waals surface area contributed by atoms with Gasteiger partial charge in [0.2, 0.25) is 0 Å². The predicted octanol–water partition coefficient (Wildman–Crippen LogP) is 4.60. The number of esters is 1. The molecule has 0 N–H and O–H groups in total. The molecular weight excluding hydrogens is 335 g/mol. The third kappa shape index (κ3) is 3.78. The van der Waals surface area contributed by atoms with Gasteiger partial charge in [-0.2, -0.15) is 0 Å². The highest BCUT2D eigenvalue weighted by Crippen LogP contribution is 2.17. The summed E-state index contributed by atoms with van der Waals surface area (Å²) in [5.74, 6) is -1.39. The maximum atomic E-state index is 13.4. The zero-order chi connectivity index (χ0) is 13.8. The molecule has 0 heterocycles. The van der Waals surface area contributed by atoms with Crippen molar-refractivity contribution in [1.29, 1.82) is 0 Å². The van der Waals surface area contributed by atoms with Gasteiger partial charge >= 0.3 is 5.97 Å². The molecule has 0 spiro atoms. The van der Waals surface area contributed by atoms with Crippen LogP contribution in [0.4, 0.5) is 4.39 Å². The summed E-state index contributed by atoms with van der Waals surface area (Å²) in [5.41, 5.74) is 0.646. The summed E-state index contributed by atoms with van der Waals surface area (Å²) in [5, 5.41) is 0.288. The van der Waals surface area contributed by atoms with Gasteiger partial charge in [0, 0.05) is 9.50 Å². The lowest BCUT2D eigenvalue weighted by Gasteiger charge is -2.06. The minimum Gasteiger partial charge on any atom is -0.457 e. The Morgan fingerprint density at radius 2 is 2.05 bits per heavy atom. The fraction of sp³-hybridized carbons (Fsp3) is 0.0714. The molecule has 0 aliphatic heterocycles. The molecule has 98 valence electrons. The molecule has 2 aromatic rings. The van der Waals surface area contributed by atoms with Gasteiger partial charge in [0.15, 0.2) is 0 Å². The van der Waals surface area contributed by atoms with Crippen LogP contribution in [0.25, 0.3) is 0 Å². The monoisotopic (exact) mass is 342 g/mol. The molecule has 5 heteroatoms. The van der Waals surface area contributed by atoms with Gasteiger partial charge in [0.1, 0.15) is 12.4 Å². The van der Waals surface area contributed by atoms with Crippen LogP contribution in [0.3, 0.4) is 0 Å². The summed E-state index contributed by atoms with van der Waals surface area (Å²) >= 11 is 9.04. The second kappa shape index (κ2) is 6.17. The largest absolute Gasteiger partial charge is 0.457 e. The molecule has 0 fully saturated rings. The van der Waals surface area contributed by atoms with Crippen molar-refractivity contribution in [2.45, 2.75) is 6.61 Å². The van der Waals surface area contributed by atoms with Crippen LogP contribution in [0.1, 0.15) is 15.9 Å². The Labute approximate surface area is 123 Å². The summed E-state index contributed by atoms with van der Waals surface area (Å²) in [6.45, 7) is 0.0736. The number of hydrogen-bond donors (Lipinski definition) is 0. The van der Waals surface area contributed by atoms with Crippen molar-refractivity contribution in [1.82, 2.24) is 0 Å². The second-order valence-corrected chi connectivity index (χ2v) is 5.18. The normalized spacial score (nSPS) is 10.3. The summed E-state index contributed by atoms with van der Waals surface area (Å²) < 4.78 is 19.4. The van der Waals surface area contributed by atoms with Gasteiger partial charge < -0.3 is 4.74 Å². The predicted molar refractivity (Wildman–Crippen MR) is 74.7 cm³/mol. The summed E-state index contributed by atoms with van der Waals surface area (Å²) in [7, 11) is 0. The molecule has 0 unspecified atom stereocenters. The number of rotatable bonds is 3. The Kier molecular flexibility index (Phi) is 4.56. The standard InChI is InChI=1S/C14H9BrClFO2/c15-10-3-1-2-9(6-10)8-19-14(18)12-7-11(16)4-5-13(12)17/h1-7H,8H2. The summed E-state index contributed by atoms with van der Waals surface area (Å²) in [6.07, 6.45) is 0. The molecule has 0 saturated heterocycles. The maximum Gasteiger partial charge on any atom is 0.341 e. The van der Waals surface area contributed by atoms with Crippen LogP contribution in [0, 0.1) is 5.82 Å². The van der Waals surface area contributed by atoms with Crippen molar-refractivity contribution in [2.75, 3.05) is 0 Å². The molecule has 0 radical (unpaired) electrons. The fourth-order valence-corrected chi connectivity index (χ4v) is 2.13. The minimum absolute atomic E-state index is 0.0736. The van der Waals surface area contributed by atoms with Crippen molar-refractivity contribution < 1.29 is 13.9 Å². The van der Waals surface area contributed by atoms with Crippen LogP contribution in [-0.4, -0.2) is 5.97 Å². The number of carbonyl (C=O) groups excluding carboxylic acids is 1. The van der Waals surface area contributed by atoms with E-state index in [4.69, 9.17) is 16.3 Å². The topological polar surface area (TPSA) is 26.3 Å². The highest BCUT2D eigenvalue weighted by Gasteiger charge is 2.13. The van der Waals surface area contributed by atoms with Gasteiger partial charge in [0.25, 0.3) is 0 Å². The van der Waals surface area contributed by atoms with Gasteiger partial charge in [-0.15, -0.1) is 0 Å². The molecule has 0 atom stereocenters. The van der Waals surface area contributed by atoms with Crippen molar-refractivity contribution >= 4 is 33.5 Å². The highest BCUT2D eigenvalue weighted by molar-refractivity contribution is 9.10. The lowest BCUT2D eigenvalue weighted by molar-refractivity contribution is 0.0467. The van der Waals surface area contributed by atoms with Gasteiger partial charge in [-0.3, -0.25) is 0 Å². The Bertz CT molecular complexity index is 616. The first kappa shape index (κ1) is 14.0. The van der Waals surface area contributed by atoms with Crippen LogP contribution >= 0.6 is 27.5 Å². The van der Waals surface area contributed by atoms with E-state index >= 15 is 0 Å². The van der Waals surface area contributed by atoms with Crippen LogP contribution < -0.4 is 0 Å². The number of hydrogen-bond acceptors (Lipinski definition) is 2. The first-order valence-corrected chi connectivity index (χ1v) is 6.60. The van der Waals surface area contributed by atoms with Crippen molar-refractivity contribution in [3.63, 3.8) is 0 Å². The lowest BCUT2D eigenvalue weighted by atomic mass is 10.2. The van der Waals surface area contributed by atoms with E-state index in [1.54, 1.807) is 0 Å². The van der Waals surface area contributed by atoms with E-state index < -0.39 is 11.8 Å². The third-order valence-electron chi connectivity index (χ3n) is 2.41. The molecule has 2 rings (SSSR count). The van der Waals surface area contributed by atoms with Crippen LogP contribution in [-0.2, 0) is 11.3 Å². The third-order valence-corrected chi connectivity index (χ3v) is 3.14. The number of halogens is 3. The van der Waals surface area contributed by atoms with Gasteiger partial charge in [-0.25, -0.2) is 9.18 Å². The Balaban J connectivity index is 2.07. The van der Waals surface area contributed by atoms with Crippen LogP contribution in [0.2, 0.25) is 5.02 Å². The van der Waals surface area contributed by atoms with Crippen molar-refractivity contribution in [3.8, 4) is 0 Å². The molecule has 19 heavy (non-hydrogen) atoms. The van der Waals surface area contributed by atoms with Crippen molar-refractivity contribution in [2.24, 2.45) is 0 Å². The van der Waals surface area contributed by atoms with Gasteiger partial charge in [-0.1, -0.05) is 39.7 Å². The Morgan fingerprint density at radius 3 is 2.79 bits per heavy atom. The number of ether oxygens (including phenoxy) is 1. The van der Waals surface area contributed by atoms with E-state index in [2.05, 4.69) is 15.9 Å². The number of benzene rings is 2.